The maximum absolute atomic E-state index is 14.8. The number of anilines is 1. The molecular formula is C22H28F2N4O3Si. The number of hydrogen-bond acceptors (Lipinski definition) is 6. The van der Waals surface area contributed by atoms with Crippen LogP contribution in [0, 0.1) is 11.6 Å². The zero-order valence-electron chi connectivity index (χ0n) is 18.9. The number of nitrogens with zero attached hydrogens (tertiary/aromatic N) is 3. The maximum Gasteiger partial charge on any atom is 0.404 e. The van der Waals surface area contributed by atoms with Crippen molar-refractivity contribution < 1.29 is 22.8 Å². The summed E-state index contributed by atoms with van der Waals surface area (Å²) in [5, 5.41) is 4.33. The summed E-state index contributed by atoms with van der Waals surface area (Å²) in [5.74, 6) is -1.01. The zero-order valence-corrected chi connectivity index (χ0v) is 19.9. The number of primary amides is 1. The summed E-state index contributed by atoms with van der Waals surface area (Å²) >= 11 is 0. The molecule has 1 aliphatic heterocycles. The number of benzene rings is 1. The van der Waals surface area contributed by atoms with Crippen LogP contribution in [0.2, 0.25) is 18.1 Å². The topological polar surface area (TPSA) is 90.0 Å². The van der Waals surface area contributed by atoms with Gasteiger partial charge in [-0.15, -0.1) is 5.16 Å². The quantitative estimate of drug-likeness (QED) is 0.491. The highest BCUT2D eigenvalue weighted by atomic mass is 28.4. The Balaban J connectivity index is 1.71. The minimum atomic E-state index is -2.00. The highest BCUT2D eigenvalue weighted by Gasteiger charge is 2.40. The lowest BCUT2D eigenvalue weighted by Gasteiger charge is -2.36. The van der Waals surface area contributed by atoms with Gasteiger partial charge >= 0.3 is 6.09 Å². The Morgan fingerprint density at radius 1 is 1.28 bits per heavy atom. The van der Waals surface area contributed by atoms with Crippen molar-refractivity contribution in [2.24, 2.45) is 10.9 Å². The van der Waals surface area contributed by atoms with Crippen molar-refractivity contribution in [3.05, 3.63) is 47.7 Å². The van der Waals surface area contributed by atoms with E-state index in [1.807, 2.05) is 0 Å². The number of hydrogen-bond donors (Lipinski definition) is 1. The first-order valence-corrected chi connectivity index (χ1v) is 13.1. The van der Waals surface area contributed by atoms with Gasteiger partial charge < -0.3 is 19.9 Å². The van der Waals surface area contributed by atoms with Crippen molar-refractivity contribution in [1.82, 2.24) is 4.98 Å². The second-order valence-electron chi connectivity index (χ2n) is 9.28. The molecule has 1 aliphatic rings. The summed E-state index contributed by atoms with van der Waals surface area (Å²) in [7, 11) is -2.00. The largest absolute Gasteiger partial charge is 0.455 e. The molecule has 0 aliphatic carbocycles. The van der Waals surface area contributed by atoms with Crippen molar-refractivity contribution in [2.75, 3.05) is 18.0 Å². The van der Waals surface area contributed by atoms with Crippen LogP contribution in [0.3, 0.4) is 0 Å². The second kappa shape index (κ2) is 8.85. The van der Waals surface area contributed by atoms with Crippen molar-refractivity contribution in [3.63, 3.8) is 0 Å². The summed E-state index contributed by atoms with van der Waals surface area (Å²) in [6, 6.07) is 5.80. The first-order chi connectivity index (χ1) is 14.9. The SMILES string of the molecule is CC(C)(C)[Si](C)(C)ON=C1CN(c2ncc(-c3cccc(COC(N)=O)c3F)cc2F)C1. The van der Waals surface area contributed by atoms with Gasteiger partial charge in [-0.05, 0) is 24.2 Å². The number of aromatic nitrogens is 1. The summed E-state index contributed by atoms with van der Waals surface area (Å²) in [4.78, 5) is 16.7. The Morgan fingerprint density at radius 3 is 2.56 bits per heavy atom. The second-order valence-corrected chi connectivity index (χ2v) is 14.0. The molecular weight excluding hydrogens is 434 g/mol. The van der Waals surface area contributed by atoms with Gasteiger partial charge in [-0.1, -0.05) is 39.0 Å². The molecule has 2 heterocycles. The normalized spacial score (nSPS) is 14.1. The molecule has 172 valence electrons. The molecule has 1 saturated heterocycles. The number of rotatable bonds is 6. The van der Waals surface area contributed by atoms with Gasteiger partial charge in [-0.3, -0.25) is 0 Å². The van der Waals surface area contributed by atoms with Crippen LogP contribution in [0.4, 0.5) is 19.4 Å². The van der Waals surface area contributed by atoms with Crippen molar-refractivity contribution >= 4 is 25.9 Å². The lowest BCUT2D eigenvalue weighted by atomic mass is 10.0. The Bertz CT molecular complexity index is 1050. The first-order valence-electron chi connectivity index (χ1n) is 10.2. The predicted molar refractivity (Wildman–Crippen MR) is 122 cm³/mol. The summed E-state index contributed by atoms with van der Waals surface area (Å²) in [6.45, 7) is 11.2. The highest BCUT2D eigenvalue weighted by Crippen LogP contribution is 2.37. The van der Waals surface area contributed by atoms with Crippen LogP contribution in [-0.2, 0) is 15.9 Å². The molecule has 1 amide bonds. The van der Waals surface area contributed by atoms with Crippen molar-refractivity contribution in [3.8, 4) is 11.1 Å². The number of ether oxygens (including phenoxy) is 1. The number of nitrogens with two attached hydrogens (primary N) is 1. The van der Waals surface area contributed by atoms with Crippen molar-refractivity contribution in [1.29, 1.82) is 0 Å². The molecule has 0 bridgehead atoms. The van der Waals surface area contributed by atoms with E-state index in [0.29, 0.717) is 13.1 Å². The molecule has 1 aromatic heterocycles. The first kappa shape index (κ1) is 23.6. The van der Waals surface area contributed by atoms with E-state index in [1.165, 1.54) is 24.4 Å². The molecule has 0 spiro atoms. The van der Waals surface area contributed by atoms with Gasteiger partial charge in [0.25, 0.3) is 8.32 Å². The van der Waals surface area contributed by atoms with E-state index >= 15 is 0 Å². The highest BCUT2D eigenvalue weighted by molar-refractivity contribution is 6.74. The van der Waals surface area contributed by atoms with Gasteiger partial charge in [0.15, 0.2) is 11.6 Å². The van der Waals surface area contributed by atoms with Crippen LogP contribution in [0.5, 0.6) is 0 Å². The maximum atomic E-state index is 14.8. The smallest absolute Gasteiger partial charge is 0.404 e. The standard InChI is InChI=1S/C22H28F2N4O3Si/c1-22(2,3)32(4,5)31-27-16-11-28(12-16)20-18(23)9-15(10-26-20)17-8-6-7-14(19(17)24)13-30-21(25)29/h6-10H,11-13H2,1-5H3,(H2,25,29). The number of pyridine rings is 1. The van der Waals surface area contributed by atoms with Crippen LogP contribution in [0.15, 0.2) is 35.6 Å². The lowest BCUT2D eigenvalue weighted by molar-refractivity contribution is 0.149. The number of carbonyl (C=O) groups excluding carboxylic acids is 1. The van der Waals surface area contributed by atoms with Crippen molar-refractivity contribution in [2.45, 2.75) is 45.5 Å². The molecule has 0 radical (unpaired) electrons. The molecule has 1 aromatic carbocycles. The van der Waals surface area contributed by atoms with E-state index in [0.717, 1.165) is 5.71 Å². The van der Waals surface area contributed by atoms with Crippen LogP contribution in [-0.4, -0.2) is 38.2 Å². The third-order valence-electron chi connectivity index (χ3n) is 5.84. The Hall–Kier alpha value is -3.01. The fourth-order valence-electron chi connectivity index (χ4n) is 2.79. The third kappa shape index (κ3) is 5.06. The number of halogens is 2. The van der Waals surface area contributed by atoms with E-state index in [-0.39, 0.29) is 34.2 Å². The van der Waals surface area contributed by atoms with E-state index < -0.39 is 26.0 Å². The van der Waals surface area contributed by atoms with Gasteiger partial charge in [-0.25, -0.2) is 18.6 Å². The van der Waals surface area contributed by atoms with Crippen LogP contribution in [0.1, 0.15) is 26.3 Å². The molecule has 7 nitrogen and oxygen atoms in total. The van der Waals surface area contributed by atoms with Gasteiger partial charge in [0.05, 0.1) is 18.8 Å². The molecule has 2 N–H and O–H groups in total. The average Bonchev–Trinajstić information content (AvgIpc) is 2.66. The predicted octanol–water partition coefficient (Wildman–Crippen LogP) is 4.82. The molecule has 0 atom stereocenters. The molecule has 1 fully saturated rings. The fraction of sp³-hybridized carbons (Fsp3) is 0.409. The van der Waals surface area contributed by atoms with E-state index in [1.54, 1.807) is 11.0 Å². The van der Waals surface area contributed by atoms with Crippen LogP contribution in [0.25, 0.3) is 11.1 Å². The molecule has 10 heteroatoms. The Labute approximate surface area is 187 Å². The number of oxime groups is 1. The zero-order chi connectivity index (χ0) is 23.7. The summed E-state index contributed by atoms with van der Waals surface area (Å²) in [5.41, 5.74) is 6.32. The number of carbonyl (C=O) groups is 1. The van der Waals surface area contributed by atoms with Crippen LogP contribution < -0.4 is 10.6 Å². The fourth-order valence-corrected chi connectivity index (χ4v) is 3.42. The monoisotopic (exact) mass is 462 g/mol. The van der Waals surface area contributed by atoms with Crippen LogP contribution >= 0.6 is 0 Å². The minimum Gasteiger partial charge on any atom is -0.455 e. The summed E-state index contributed by atoms with van der Waals surface area (Å²) in [6.07, 6.45) is 0.413. The van der Waals surface area contributed by atoms with E-state index in [4.69, 9.17) is 10.3 Å². The summed E-state index contributed by atoms with van der Waals surface area (Å²) < 4.78 is 40.1. The molecule has 32 heavy (non-hydrogen) atoms. The minimum absolute atomic E-state index is 0.0442. The molecule has 2 aromatic rings. The van der Waals surface area contributed by atoms with Gasteiger partial charge in [0, 0.05) is 22.9 Å². The van der Waals surface area contributed by atoms with E-state index in [2.05, 4.69) is 48.7 Å². The Morgan fingerprint density at radius 2 is 1.97 bits per heavy atom. The van der Waals surface area contributed by atoms with Gasteiger partial charge in [0.1, 0.15) is 12.4 Å². The van der Waals surface area contributed by atoms with E-state index in [9.17, 15) is 13.6 Å². The molecule has 0 unspecified atom stereocenters. The average molecular weight is 463 g/mol. The molecule has 3 rings (SSSR count). The third-order valence-corrected chi connectivity index (χ3v) is 10.00. The number of amides is 1. The Kier molecular flexibility index (Phi) is 6.54. The lowest BCUT2D eigenvalue weighted by Crippen LogP contribution is -2.49. The molecule has 0 saturated carbocycles. The van der Waals surface area contributed by atoms with Gasteiger partial charge in [0.2, 0.25) is 0 Å². The van der Waals surface area contributed by atoms with Gasteiger partial charge in [-0.2, -0.15) is 0 Å².